The number of anilines is 1. The molecule has 1 heterocycles. The lowest BCUT2D eigenvalue weighted by atomic mass is 9.89. The summed E-state index contributed by atoms with van der Waals surface area (Å²) in [5.41, 5.74) is 0.246. The second-order valence-electron chi connectivity index (χ2n) is 7.72. The van der Waals surface area contributed by atoms with Gasteiger partial charge in [-0.25, -0.2) is 0 Å². The van der Waals surface area contributed by atoms with Crippen molar-refractivity contribution in [2.45, 2.75) is 57.2 Å². The minimum atomic E-state index is -0.730. The van der Waals surface area contributed by atoms with Crippen LogP contribution in [0.1, 0.15) is 45.1 Å². The zero-order valence-electron chi connectivity index (χ0n) is 17.4. The summed E-state index contributed by atoms with van der Waals surface area (Å²) in [5.74, 6) is -0.0732. The molecule has 0 radical (unpaired) electrons. The molecule has 1 aliphatic carbocycles. The van der Waals surface area contributed by atoms with E-state index in [0.717, 1.165) is 31.0 Å². The standard InChI is InChI=1S/C20H23BrClN3O2S.CH2Cl2/c1-20(2)18(26)24(15-4-3-13(12-23)17(22)11-15)19(28)25(20)14-5-7-16(8-6-14)27-10-9-21;2-1-3/h3-4,11,14,16H,5-10H2,1-2H3;1H2. The number of benzene rings is 1. The SMILES string of the molecule is CC1(C)C(=O)N(c2ccc(C#N)c(Cl)c2)C(=S)N1C1CCC(OCCBr)CC1.ClCCl. The van der Waals surface area contributed by atoms with E-state index in [0.29, 0.717) is 28.0 Å². The first-order chi connectivity index (χ1) is 14.7. The number of rotatable bonds is 5. The number of thiocarbonyl (C=S) groups is 1. The predicted molar refractivity (Wildman–Crippen MR) is 135 cm³/mol. The molecule has 1 amide bonds. The van der Waals surface area contributed by atoms with Crippen molar-refractivity contribution in [3.8, 4) is 6.07 Å². The highest BCUT2D eigenvalue weighted by Crippen LogP contribution is 2.38. The Hall–Kier alpha value is -0.620. The van der Waals surface area contributed by atoms with E-state index in [1.165, 1.54) is 0 Å². The fourth-order valence-electron chi connectivity index (χ4n) is 4.07. The van der Waals surface area contributed by atoms with Crippen LogP contribution in [-0.2, 0) is 9.53 Å². The van der Waals surface area contributed by atoms with Crippen LogP contribution in [0, 0.1) is 11.3 Å². The average Bonchev–Trinajstić information content (AvgIpc) is 2.91. The number of nitriles is 1. The fraction of sp³-hybridized carbons (Fsp3) is 0.571. The first-order valence-electron chi connectivity index (χ1n) is 9.89. The lowest BCUT2D eigenvalue weighted by Crippen LogP contribution is -2.51. The minimum absolute atomic E-state index is 0.0732. The molecule has 3 rings (SSSR count). The molecule has 170 valence electrons. The van der Waals surface area contributed by atoms with Gasteiger partial charge in [-0.05, 0) is 69.9 Å². The molecule has 2 aliphatic rings. The average molecular weight is 570 g/mol. The van der Waals surface area contributed by atoms with Gasteiger partial charge in [0.25, 0.3) is 5.91 Å². The van der Waals surface area contributed by atoms with Crippen molar-refractivity contribution in [3.05, 3.63) is 28.8 Å². The molecule has 1 saturated heterocycles. The van der Waals surface area contributed by atoms with E-state index < -0.39 is 5.54 Å². The summed E-state index contributed by atoms with van der Waals surface area (Å²) in [5, 5.41) is 10.9. The molecule has 2 fully saturated rings. The van der Waals surface area contributed by atoms with Crippen molar-refractivity contribution < 1.29 is 9.53 Å². The second kappa shape index (κ2) is 12.0. The van der Waals surface area contributed by atoms with E-state index in [4.69, 9.17) is 57.0 Å². The van der Waals surface area contributed by atoms with Gasteiger partial charge in [0.2, 0.25) is 0 Å². The van der Waals surface area contributed by atoms with Crippen LogP contribution in [0.2, 0.25) is 5.02 Å². The van der Waals surface area contributed by atoms with Crippen molar-refractivity contribution >= 4 is 79.7 Å². The molecule has 0 N–H and O–H groups in total. The Kier molecular flexibility index (Phi) is 10.3. The van der Waals surface area contributed by atoms with Crippen LogP contribution in [0.4, 0.5) is 5.69 Å². The summed E-state index contributed by atoms with van der Waals surface area (Å²) in [6, 6.07) is 7.22. The smallest absolute Gasteiger partial charge is 0.258 e. The van der Waals surface area contributed by atoms with E-state index in [1.54, 1.807) is 23.1 Å². The van der Waals surface area contributed by atoms with Crippen molar-refractivity contribution in [1.29, 1.82) is 5.26 Å². The van der Waals surface area contributed by atoms with Crippen LogP contribution in [0.15, 0.2) is 18.2 Å². The Morgan fingerprint density at radius 2 is 1.90 bits per heavy atom. The van der Waals surface area contributed by atoms with Gasteiger partial charge in [-0.1, -0.05) is 27.5 Å². The molecule has 1 aromatic carbocycles. The molecule has 0 aromatic heterocycles. The van der Waals surface area contributed by atoms with Gasteiger partial charge in [0.15, 0.2) is 5.11 Å². The van der Waals surface area contributed by atoms with Gasteiger partial charge >= 0.3 is 0 Å². The number of nitrogens with zero attached hydrogens (tertiary/aromatic N) is 3. The van der Waals surface area contributed by atoms with E-state index in [1.807, 2.05) is 19.9 Å². The van der Waals surface area contributed by atoms with Gasteiger partial charge in [-0.3, -0.25) is 9.69 Å². The Morgan fingerprint density at radius 3 is 2.42 bits per heavy atom. The van der Waals surface area contributed by atoms with Gasteiger partial charge in [0.05, 0.1) is 34.3 Å². The molecule has 0 spiro atoms. The monoisotopic (exact) mass is 567 g/mol. The van der Waals surface area contributed by atoms with Crippen LogP contribution in [0.5, 0.6) is 0 Å². The summed E-state index contributed by atoms with van der Waals surface area (Å²) in [6.07, 6.45) is 4.07. The third kappa shape index (κ3) is 6.04. The maximum Gasteiger partial charge on any atom is 0.258 e. The molecule has 0 bridgehead atoms. The first kappa shape index (κ1) is 26.6. The van der Waals surface area contributed by atoms with Crippen LogP contribution >= 0.6 is 63.0 Å². The highest BCUT2D eigenvalue weighted by Gasteiger charge is 2.52. The highest BCUT2D eigenvalue weighted by molar-refractivity contribution is 9.09. The number of carbonyl (C=O) groups is 1. The number of halogens is 4. The van der Waals surface area contributed by atoms with Crippen LogP contribution < -0.4 is 4.90 Å². The number of hydrogen-bond acceptors (Lipinski definition) is 4. The van der Waals surface area contributed by atoms with Crippen molar-refractivity contribution in [1.82, 2.24) is 4.90 Å². The third-order valence-corrected chi connectivity index (χ3v) is 6.51. The van der Waals surface area contributed by atoms with E-state index in [-0.39, 0.29) is 23.4 Å². The molecule has 31 heavy (non-hydrogen) atoms. The number of hydrogen-bond donors (Lipinski definition) is 0. The van der Waals surface area contributed by atoms with Gasteiger partial charge in [0, 0.05) is 11.4 Å². The zero-order valence-corrected chi connectivity index (χ0v) is 22.1. The number of amides is 1. The molecule has 1 saturated carbocycles. The summed E-state index contributed by atoms with van der Waals surface area (Å²) in [4.78, 5) is 16.9. The summed E-state index contributed by atoms with van der Waals surface area (Å²) in [7, 11) is 0. The van der Waals surface area contributed by atoms with E-state index >= 15 is 0 Å². The van der Waals surface area contributed by atoms with E-state index in [9.17, 15) is 4.79 Å². The summed E-state index contributed by atoms with van der Waals surface area (Å²) >= 11 is 24.8. The Bertz CT molecular complexity index is 842. The number of ether oxygens (including phenoxy) is 1. The second-order valence-corrected chi connectivity index (χ2v) is 10.1. The number of carbonyl (C=O) groups excluding carboxylic acids is 1. The summed E-state index contributed by atoms with van der Waals surface area (Å²) in [6.45, 7) is 4.55. The van der Waals surface area contributed by atoms with Crippen molar-refractivity contribution in [2.24, 2.45) is 0 Å². The predicted octanol–water partition coefficient (Wildman–Crippen LogP) is 6.07. The van der Waals surface area contributed by atoms with Gasteiger partial charge in [0.1, 0.15) is 11.6 Å². The molecule has 0 unspecified atom stereocenters. The maximum atomic E-state index is 13.2. The number of alkyl halides is 3. The van der Waals surface area contributed by atoms with Crippen LogP contribution in [-0.4, -0.2) is 50.9 Å². The molecular formula is C21H25BrCl3N3O2S. The fourth-order valence-corrected chi connectivity index (χ4v) is 5.04. The largest absolute Gasteiger partial charge is 0.377 e. The molecule has 10 heteroatoms. The lowest BCUT2D eigenvalue weighted by molar-refractivity contribution is -0.124. The van der Waals surface area contributed by atoms with Gasteiger partial charge in [-0.2, -0.15) is 5.26 Å². The van der Waals surface area contributed by atoms with Crippen LogP contribution in [0.3, 0.4) is 0 Å². The minimum Gasteiger partial charge on any atom is -0.377 e. The third-order valence-electron chi connectivity index (χ3n) is 5.50. The Balaban J connectivity index is 0.00000107. The van der Waals surface area contributed by atoms with Crippen molar-refractivity contribution in [2.75, 3.05) is 22.2 Å². The van der Waals surface area contributed by atoms with Crippen molar-refractivity contribution in [3.63, 3.8) is 0 Å². The maximum absolute atomic E-state index is 13.2. The zero-order chi connectivity index (χ0) is 23.2. The quantitative estimate of drug-likeness (QED) is 0.318. The Labute approximate surface area is 212 Å². The normalized spacial score (nSPS) is 22.7. The first-order valence-corrected chi connectivity index (χ1v) is 12.9. The summed E-state index contributed by atoms with van der Waals surface area (Å²) < 4.78 is 5.85. The van der Waals surface area contributed by atoms with E-state index in [2.05, 4.69) is 20.8 Å². The molecule has 5 nitrogen and oxygen atoms in total. The topological polar surface area (TPSA) is 56.6 Å². The molecule has 1 aliphatic heterocycles. The van der Waals surface area contributed by atoms with Gasteiger partial charge < -0.3 is 9.64 Å². The lowest BCUT2D eigenvalue weighted by Gasteiger charge is -2.40. The molecule has 0 atom stereocenters. The Morgan fingerprint density at radius 1 is 1.29 bits per heavy atom. The van der Waals surface area contributed by atoms with Crippen LogP contribution in [0.25, 0.3) is 0 Å². The highest BCUT2D eigenvalue weighted by atomic mass is 79.9. The molecular weight excluding hydrogens is 545 g/mol. The molecule has 1 aromatic rings. The van der Waals surface area contributed by atoms with Gasteiger partial charge in [-0.15, -0.1) is 23.2 Å².